The monoisotopic (exact) mass is 1040 g/mol. The minimum atomic E-state index is -1.71. The zero-order valence-electron chi connectivity index (χ0n) is 41.7. The molecule has 410 valence electrons. The van der Waals surface area contributed by atoms with E-state index in [4.69, 9.17) is 33.2 Å². The second-order valence-corrected chi connectivity index (χ2v) is 20.2. The van der Waals surface area contributed by atoms with Gasteiger partial charge in [0.1, 0.15) is 72.7 Å². The zero-order chi connectivity index (χ0) is 52.7. The number of hydrogen-bond acceptors (Lipinski definition) is 20. The number of nitrogens with one attached hydrogen (secondary N) is 2. The van der Waals surface area contributed by atoms with Crippen LogP contribution in [0.2, 0.25) is 0 Å². The number of benzene rings is 1. The molecule has 3 saturated heterocycles. The second-order valence-electron chi connectivity index (χ2n) is 20.2. The number of carboxylic acids is 1. The van der Waals surface area contributed by atoms with Crippen molar-refractivity contribution in [2.24, 2.45) is 17.8 Å². The number of carbonyl (C=O) groups excluding carboxylic acids is 2. The number of amides is 2. The van der Waals surface area contributed by atoms with E-state index in [1.54, 1.807) is 6.20 Å². The third-order valence-electron chi connectivity index (χ3n) is 15.0. The van der Waals surface area contributed by atoms with Crippen molar-refractivity contribution in [1.29, 1.82) is 0 Å². The van der Waals surface area contributed by atoms with Crippen LogP contribution in [0.3, 0.4) is 0 Å². The second kappa shape index (κ2) is 25.8. The highest BCUT2D eigenvalue weighted by atomic mass is 16.7. The van der Waals surface area contributed by atoms with Gasteiger partial charge in [-0.05, 0) is 51.0 Å². The molecule has 5 fully saturated rings. The van der Waals surface area contributed by atoms with Crippen LogP contribution in [-0.2, 0) is 47.5 Å². The van der Waals surface area contributed by atoms with Gasteiger partial charge in [-0.15, -0.1) is 5.10 Å². The Hall–Kier alpha value is -3.83. The highest BCUT2D eigenvalue weighted by Gasteiger charge is 2.53. The number of aliphatic hydroxyl groups is 8. The van der Waals surface area contributed by atoms with E-state index in [-0.39, 0.29) is 38.3 Å². The molecule has 5 aliphatic rings. The number of aliphatic carboxylic acids is 1. The van der Waals surface area contributed by atoms with Crippen LogP contribution >= 0.6 is 0 Å². The molecule has 2 saturated carbocycles. The standard InChI is InChI=1S/C49H75N5O19/c1-5-27-18-29(45(64)50-14-15-67-48-40(61)36(38(59)33(21-55)72-48)54-20-30(52-53-54)28-13-9-10-23(2)16-28)19-31(43(27)73-49-42(63)41(62)37(58)24(3)68-49)70-47-35(51-25(4)57)44(39(60)34(22-56)71-47)69-32(46(65)66)17-26-11-7-6-8-12-26/h9-10,13,16,20,24,26-27,29,31-44,47-49,55-56,58-63H,5-8,11-12,14-15,17-19,21-22H2,1-4H3,(H,50,64)(H,51,57)(H,65,66)/t24?,27?,29?,31-,32+,33?,34+,35?,36?,37-,38-,39+,40?,41+,42?,43-,44?,47-,48+,49+/m1/s1. The Balaban J connectivity index is 1.08. The summed E-state index contributed by atoms with van der Waals surface area (Å²) in [6, 6.07) is 5.04. The first-order chi connectivity index (χ1) is 34.9. The van der Waals surface area contributed by atoms with Gasteiger partial charge < -0.3 is 89.8 Å². The van der Waals surface area contributed by atoms with Crippen LogP contribution in [0.15, 0.2) is 30.5 Å². The minimum absolute atomic E-state index is 0.0449. The quantitative estimate of drug-likeness (QED) is 0.0693. The summed E-state index contributed by atoms with van der Waals surface area (Å²) in [7, 11) is 0. The lowest BCUT2D eigenvalue weighted by molar-refractivity contribution is -0.338. The number of aryl methyl sites for hydroxylation is 1. The first-order valence-corrected chi connectivity index (χ1v) is 25.5. The predicted molar refractivity (Wildman–Crippen MR) is 251 cm³/mol. The minimum Gasteiger partial charge on any atom is -0.479 e. The van der Waals surface area contributed by atoms with E-state index in [9.17, 15) is 60.3 Å². The topological polar surface area (TPSA) is 353 Å². The Bertz CT molecular complexity index is 2100. The molecule has 0 spiro atoms. The van der Waals surface area contributed by atoms with Gasteiger partial charge in [-0.2, -0.15) is 0 Å². The van der Waals surface area contributed by atoms with Gasteiger partial charge in [0.05, 0.1) is 44.3 Å². The molecule has 1 aromatic heterocycles. The Morgan fingerprint density at radius 2 is 1.56 bits per heavy atom. The van der Waals surface area contributed by atoms with E-state index in [2.05, 4.69) is 20.9 Å². The number of rotatable bonds is 20. The summed E-state index contributed by atoms with van der Waals surface area (Å²) >= 11 is 0. The molecule has 9 unspecified atom stereocenters. The van der Waals surface area contributed by atoms with Crippen molar-refractivity contribution in [2.45, 2.75) is 196 Å². The average molecular weight is 1040 g/mol. The fourth-order valence-corrected chi connectivity index (χ4v) is 10.9. The summed E-state index contributed by atoms with van der Waals surface area (Å²) in [6.07, 6.45) is -15.6. The molecule has 73 heavy (non-hydrogen) atoms. The van der Waals surface area contributed by atoms with Gasteiger partial charge >= 0.3 is 5.97 Å². The van der Waals surface area contributed by atoms with Gasteiger partial charge in [-0.1, -0.05) is 74.4 Å². The number of nitrogens with zero attached hydrogens (tertiary/aromatic N) is 3. The molecular formula is C49H75N5O19. The van der Waals surface area contributed by atoms with Gasteiger partial charge in [0.15, 0.2) is 25.0 Å². The van der Waals surface area contributed by atoms with Crippen molar-refractivity contribution in [3.8, 4) is 11.3 Å². The smallest absolute Gasteiger partial charge is 0.332 e. The molecule has 0 radical (unpaired) electrons. The Morgan fingerprint density at radius 3 is 2.23 bits per heavy atom. The molecule has 7 rings (SSSR count). The van der Waals surface area contributed by atoms with Crippen LogP contribution in [0.5, 0.6) is 0 Å². The largest absolute Gasteiger partial charge is 0.479 e. The predicted octanol–water partition coefficient (Wildman–Crippen LogP) is -1.21. The van der Waals surface area contributed by atoms with Crippen molar-refractivity contribution in [3.63, 3.8) is 0 Å². The van der Waals surface area contributed by atoms with Crippen molar-refractivity contribution in [2.75, 3.05) is 26.4 Å². The van der Waals surface area contributed by atoms with E-state index >= 15 is 0 Å². The maximum atomic E-state index is 14.2. The number of aliphatic hydroxyl groups excluding tert-OH is 8. The highest BCUT2D eigenvalue weighted by Crippen LogP contribution is 2.40. The maximum absolute atomic E-state index is 14.2. The van der Waals surface area contributed by atoms with Crippen LogP contribution in [0.4, 0.5) is 0 Å². The highest BCUT2D eigenvalue weighted by molar-refractivity contribution is 5.79. The normalized spacial score (nSPS) is 37.8. The molecule has 0 bridgehead atoms. The Kier molecular flexibility index (Phi) is 20.1. The van der Waals surface area contributed by atoms with Gasteiger partial charge in [-0.3, -0.25) is 9.59 Å². The number of carboxylic acid groups (broad SMARTS) is 1. The number of ether oxygens (including phenoxy) is 7. The molecule has 2 aromatic rings. The van der Waals surface area contributed by atoms with Crippen molar-refractivity contribution in [1.82, 2.24) is 25.6 Å². The first-order valence-electron chi connectivity index (χ1n) is 25.5. The van der Waals surface area contributed by atoms with E-state index in [1.807, 2.05) is 38.1 Å². The lowest BCUT2D eigenvalue weighted by Gasteiger charge is -2.49. The lowest BCUT2D eigenvalue weighted by Crippen LogP contribution is -2.67. The average Bonchev–Trinajstić information content (AvgIpc) is 3.86. The molecule has 3 aliphatic heterocycles. The Morgan fingerprint density at radius 1 is 0.849 bits per heavy atom. The summed E-state index contributed by atoms with van der Waals surface area (Å²) < 4.78 is 44.2. The third-order valence-corrected chi connectivity index (χ3v) is 15.0. The van der Waals surface area contributed by atoms with Gasteiger partial charge in [0, 0.05) is 24.9 Å². The van der Waals surface area contributed by atoms with Crippen LogP contribution in [0.1, 0.15) is 90.2 Å². The van der Waals surface area contributed by atoms with Crippen molar-refractivity contribution in [3.05, 3.63) is 36.0 Å². The number of hydrogen-bond donors (Lipinski definition) is 11. The Labute approximate surface area is 423 Å². The van der Waals surface area contributed by atoms with E-state index < -0.39 is 153 Å². The van der Waals surface area contributed by atoms with Crippen molar-refractivity contribution >= 4 is 17.8 Å². The molecule has 1 aromatic carbocycles. The lowest BCUT2D eigenvalue weighted by atomic mass is 9.75. The maximum Gasteiger partial charge on any atom is 0.332 e. The summed E-state index contributed by atoms with van der Waals surface area (Å²) in [5, 5.41) is 111. The molecule has 11 N–H and O–H groups in total. The van der Waals surface area contributed by atoms with Crippen LogP contribution in [0.25, 0.3) is 11.3 Å². The van der Waals surface area contributed by atoms with E-state index in [0.29, 0.717) is 12.1 Å². The summed E-state index contributed by atoms with van der Waals surface area (Å²) in [5.74, 6) is -3.61. The summed E-state index contributed by atoms with van der Waals surface area (Å²) in [4.78, 5) is 39.7. The van der Waals surface area contributed by atoms with E-state index in [1.165, 1.54) is 18.5 Å². The van der Waals surface area contributed by atoms with Gasteiger partial charge in [0.2, 0.25) is 11.8 Å². The van der Waals surface area contributed by atoms with Crippen LogP contribution in [0, 0.1) is 24.7 Å². The summed E-state index contributed by atoms with van der Waals surface area (Å²) in [6.45, 7) is 4.79. The molecular weight excluding hydrogens is 963 g/mol. The fraction of sp³-hybridized carbons (Fsp3) is 0.776. The molecule has 2 amide bonds. The SMILES string of the molecule is CCC1CC(C(=O)NCCO[C@H]2OC(CO)[C@@H](O)C(n3cc(-c4cccc(C)c4)nn3)C2O)C[C@@H](O[C@@H]2O[C@@H](CO)[C@H](O)C(O[C@@H](CC3CCCCC3)C(=O)O)C2NC(C)=O)[C@@H]1O[C@@H]1OC(C)[C@@H](O)[C@H](O)C1O. The molecule has 24 heteroatoms. The molecule has 2 aliphatic carbocycles. The van der Waals surface area contributed by atoms with Crippen LogP contribution < -0.4 is 10.6 Å². The summed E-state index contributed by atoms with van der Waals surface area (Å²) in [5.41, 5.74) is 2.24. The zero-order valence-corrected chi connectivity index (χ0v) is 41.7. The molecule has 4 heterocycles. The van der Waals surface area contributed by atoms with E-state index in [0.717, 1.165) is 43.2 Å². The number of carbonyl (C=O) groups is 3. The van der Waals surface area contributed by atoms with Crippen molar-refractivity contribution < 1.29 is 93.5 Å². The number of aromatic nitrogens is 3. The first kappa shape index (κ1) is 56.9. The van der Waals surface area contributed by atoms with Gasteiger partial charge in [0.25, 0.3) is 0 Å². The fourth-order valence-electron chi connectivity index (χ4n) is 10.9. The van der Waals surface area contributed by atoms with Crippen LogP contribution in [-0.4, -0.2) is 209 Å². The third kappa shape index (κ3) is 13.6. The molecule has 20 atom stereocenters. The molecule has 24 nitrogen and oxygen atoms in total. The van der Waals surface area contributed by atoms with Gasteiger partial charge in [-0.25, -0.2) is 9.48 Å².